The lowest BCUT2D eigenvalue weighted by atomic mass is 9.97. The highest BCUT2D eigenvalue weighted by Gasteiger charge is 2.27. The first-order valence-corrected chi connectivity index (χ1v) is 8.46. The number of ether oxygens (including phenoxy) is 1. The van der Waals surface area contributed by atoms with Gasteiger partial charge in [0.2, 0.25) is 0 Å². The number of nitrogens with zero attached hydrogens (tertiary/aromatic N) is 2. The molecule has 2 rings (SSSR count). The van der Waals surface area contributed by atoms with E-state index in [9.17, 15) is 4.79 Å². The van der Waals surface area contributed by atoms with Gasteiger partial charge in [-0.15, -0.1) is 0 Å². The van der Waals surface area contributed by atoms with E-state index >= 15 is 0 Å². The second-order valence-electron chi connectivity index (χ2n) is 7.35. The average molecular weight is 319 g/mol. The minimum Gasteiger partial charge on any atom is -0.444 e. The van der Waals surface area contributed by atoms with Crippen LogP contribution < -0.4 is 5.32 Å². The number of hydrogen-bond acceptors (Lipinski definition) is 4. The van der Waals surface area contributed by atoms with Gasteiger partial charge in [-0.2, -0.15) is 0 Å². The van der Waals surface area contributed by atoms with Crippen molar-refractivity contribution < 1.29 is 9.53 Å². The first kappa shape index (κ1) is 17.7. The third-order valence-corrected chi connectivity index (χ3v) is 4.09. The molecule has 1 aromatic rings. The zero-order valence-corrected chi connectivity index (χ0v) is 14.7. The minimum atomic E-state index is -0.432. The van der Waals surface area contributed by atoms with Gasteiger partial charge in [0, 0.05) is 38.1 Å². The van der Waals surface area contributed by atoms with Gasteiger partial charge in [0.1, 0.15) is 5.60 Å². The Morgan fingerprint density at radius 2 is 2.13 bits per heavy atom. The molecule has 1 unspecified atom stereocenters. The summed E-state index contributed by atoms with van der Waals surface area (Å²) in [6.07, 6.45) is 5.63. The summed E-state index contributed by atoms with van der Waals surface area (Å²) in [6.45, 7) is 10.3. The lowest BCUT2D eigenvalue weighted by molar-refractivity contribution is 0.0165. The fourth-order valence-corrected chi connectivity index (χ4v) is 2.84. The zero-order chi connectivity index (χ0) is 16.9. The maximum atomic E-state index is 12.2. The van der Waals surface area contributed by atoms with Gasteiger partial charge in [-0.3, -0.25) is 4.98 Å². The molecule has 128 valence electrons. The molecule has 2 heterocycles. The van der Waals surface area contributed by atoms with E-state index in [1.807, 2.05) is 50.2 Å². The van der Waals surface area contributed by atoms with Crippen molar-refractivity contribution in [2.24, 2.45) is 5.92 Å². The maximum Gasteiger partial charge on any atom is 0.410 e. The first-order valence-electron chi connectivity index (χ1n) is 8.46. The predicted octanol–water partition coefficient (Wildman–Crippen LogP) is 3.38. The number of piperidine rings is 1. The Bertz CT molecular complexity index is 499. The molecule has 1 saturated heterocycles. The number of hydrogen-bond donors (Lipinski definition) is 1. The minimum absolute atomic E-state index is 0.190. The molecule has 1 aliphatic heterocycles. The molecular formula is C18H29N3O2. The van der Waals surface area contributed by atoms with Crippen molar-refractivity contribution in [3.63, 3.8) is 0 Å². The van der Waals surface area contributed by atoms with E-state index in [4.69, 9.17) is 4.74 Å². The van der Waals surface area contributed by atoms with Crippen LogP contribution in [0.25, 0.3) is 0 Å². The van der Waals surface area contributed by atoms with E-state index in [-0.39, 0.29) is 12.1 Å². The van der Waals surface area contributed by atoms with Crippen molar-refractivity contribution >= 4 is 6.09 Å². The number of amides is 1. The Morgan fingerprint density at radius 3 is 2.78 bits per heavy atom. The summed E-state index contributed by atoms with van der Waals surface area (Å²) in [5.41, 5.74) is 0.804. The molecule has 1 fully saturated rings. The van der Waals surface area contributed by atoms with Crippen LogP contribution in [-0.2, 0) is 4.74 Å². The van der Waals surface area contributed by atoms with Crippen LogP contribution in [-0.4, -0.2) is 41.2 Å². The Morgan fingerprint density at radius 1 is 1.43 bits per heavy atom. The Hall–Kier alpha value is -1.62. The number of pyridine rings is 1. The molecule has 5 heteroatoms. The molecule has 0 aromatic carbocycles. The molecule has 1 aromatic heterocycles. The lowest BCUT2D eigenvalue weighted by Gasteiger charge is -2.34. The number of carbonyl (C=O) groups is 1. The second-order valence-corrected chi connectivity index (χ2v) is 7.35. The van der Waals surface area contributed by atoms with Gasteiger partial charge in [0.05, 0.1) is 0 Å². The van der Waals surface area contributed by atoms with Gasteiger partial charge in [-0.25, -0.2) is 4.79 Å². The molecule has 0 saturated carbocycles. The largest absolute Gasteiger partial charge is 0.444 e. The van der Waals surface area contributed by atoms with Crippen molar-refractivity contribution in [3.8, 4) is 0 Å². The Kier molecular flexibility index (Phi) is 5.99. The van der Waals surface area contributed by atoms with E-state index < -0.39 is 5.60 Å². The summed E-state index contributed by atoms with van der Waals surface area (Å²) in [6, 6.07) is 4.35. The molecule has 5 nitrogen and oxygen atoms in total. The van der Waals surface area contributed by atoms with Crippen LogP contribution in [0.2, 0.25) is 0 Å². The van der Waals surface area contributed by atoms with Crippen LogP contribution in [0.5, 0.6) is 0 Å². The van der Waals surface area contributed by atoms with E-state index in [1.165, 1.54) is 5.56 Å². The fourth-order valence-electron chi connectivity index (χ4n) is 2.84. The molecule has 1 N–H and O–H groups in total. The van der Waals surface area contributed by atoms with Gasteiger partial charge >= 0.3 is 6.09 Å². The lowest BCUT2D eigenvalue weighted by Crippen LogP contribution is -2.45. The zero-order valence-electron chi connectivity index (χ0n) is 14.7. The van der Waals surface area contributed by atoms with Gasteiger partial charge in [0.15, 0.2) is 0 Å². The van der Waals surface area contributed by atoms with Crippen molar-refractivity contribution in [2.75, 3.05) is 19.6 Å². The number of nitrogens with one attached hydrogen (secondary N) is 1. The van der Waals surface area contributed by atoms with Gasteiger partial charge < -0.3 is 15.0 Å². The SMILES string of the molecule is C[C@H](NCC1CCCN(C(=O)OC(C)(C)C)C1)c1ccncc1. The monoisotopic (exact) mass is 319 g/mol. The summed E-state index contributed by atoms with van der Waals surface area (Å²) in [7, 11) is 0. The second kappa shape index (κ2) is 7.77. The summed E-state index contributed by atoms with van der Waals surface area (Å²) < 4.78 is 5.48. The van der Waals surface area contributed by atoms with Crippen LogP contribution in [0.3, 0.4) is 0 Å². The summed E-state index contributed by atoms with van der Waals surface area (Å²) in [5.74, 6) is 0.473. The Balaban J connectivity index is 1.81. The molecule has 1 amide bonds. The maximum absolute atomic E-state index is 12.2. The number of rotatable bonds is 4. The van der Waals surface area contributed by atoms with Crippen LogP contribution in [0.1, 0.15) is 52.1 Å². The number of likely N-dealkylation sites (tertiary alicyclic amines) is 1. The smallest absolute Gasteiger partial charge is 0.410 e. The first-order chi connectivity index (χ1) is 10.8. The average Bonchev–Trinajstić information content (AvgIpc) is 2.52. The highest BCUT2D eigenvalue weighted by molar-refractivity contribution is 5.68. The van der Waals surface area contributed by atoms with Crippen LogP contribution in [0.15, 0.2) is 24.5 Å². The van der Waals surface area contributed by atoms with Crippen LogP contribution >= 0.6 is 0 Å². The molecule has 2 atom stereocenters. The standard InChI is InChI=1S/C18H29N3O2/c1-14(16-7-9-19-10-8-16)20-12-15-6-5-11-21(13-15)17(22)23-18(2,3)4/h7-10,14-15,20H,5-6,11-13H2,1-4H3/t14-,15?/m0/s1. The predicted molar refractivity (Wildman–Crippen MR) is 91.2 cm³/mol. The molecule has 0 radical (unpaired) electrons. The highest BCUT2D eigenvalue weighted by Crippen LogP contribution is 2.20. The summed E-state index contributed by atoms with van der Waals surface area (Å²) in [4.78, 5) is 18.1. The van der Waals surface area contributed by atoms with Crippen molar-refractivity contribution in [2.45, 2.75) is 52.2 Å². The van der Waals surface area contributed by atoms with E-state index in [2.05, 4.69) is 17.2 Å². The van der Waals surface area contributed by atoms with Gasteiger partial charge in [-0.05, 0) is 64.2 Å². The molecule has 0 spiro atoms. The van der Waals surface area contributed by atoms with Crippen molar-refractivity contribution in [3.05, 3.63) is 30.1 Å². The van der Waals surface area contributed by atoms with Crippen molar-refractivity contribution in [1.29, 1.82) is 0 Å². The molecule has 0 aliphatic carbocycles. The van der Waals surface area contributed by atoms with Crippen LogP contribution in [0, 0.1) is 5.92 Å². The quantitative estimate of drug-likeness (QED) is 0.924. The van der Waals surface area contributed by atoms with E-state index in [1.54, 1.807) is 0 Å². The molecular weight excluding hydrogens is 290 g/mol. The van der Waals surface area contributed by atoms with Gasteiger partial charge in [0.25, 0.3) is 0 Å². The fraction of sp³-hybridized carbons (Fsp3) is 0.667. The normalized spacial score (nSPS) is 20.2. The number of carbonyl (C=O) groups excluding carboxylic acids is 1. The van der Waals surface area contributed by atoms with Crippen molar-refractivity contribution in [1.82, 2.24) is 15.2 Å². The van der Waals surface area contributed by atoms with Gasteiger partial charge in [-0.1, -0.05) is 0 Å². The summed E-state index contributed by atoms with van der Waals surface area (Å²) in [5, 5.41) is 3.57. The third-order valence-electron chi connectivity index (χ3n) is 4.09. The summed E-state index contributed by atoms with van der Waals surface area (Å²) >= 11 is 0. The van der Waals surface area contributed by atoms with Crippen LogP contribution in [0.4, 0.5) is 4.79 Å². The third kappa shape index (κ3) is 5.82. The highest BCUT2D eigenvalue weighted by atomic mass is 16.6. The van der Waals surface area contributed by atoms with E-state index in [0.29, 0.717) is 5.92 Å². The Labute approximate surface area is 139 Å². The van der Waals surface area contributed by atoms with E-state index in [0.717, 1.165) is 32.5 Å². The molecule has 23 heavy (non-hydrogen) atoms. The molecule has 1 aliphatic rings. The topological polar surface area (TPSA) is 54.5 Å². The molecule has 0 bridgehead atoms. The number of aromatic nitrogens is 1.